The number of imidazole rings is 1. The van der Waals surface area contributed by atoms with Gasteiger partial charge in [0.2, 0.25) is 0 Å². The van der Waals surface area contributed by atoms with E-state index < -0.39 is 24.5 Å². The summed E-state index contributed by atoms with van der Waals surface area (Å²) in [6.07, 6.45) is -1.15. The van der Waals surface area contributed by atoms with Gasteiger partial charge in [0.05, 0.1) is 19.5 Å². The molecule has 3 aromatic carbocycles. The summed E-state index contributed by atoms with van der Waals surface area (Å²) in [4.78, 5) is 15.1. The average Bonchev–Trinajstić information content (AvgIpc) is 3.50. The monoisotopic (exact) mass is 607 g/mol. The van der Waals surface area contributed by atoms with E-state index in [1.165, 1.54) is 24.8 Å². The summed E-state index contributed by atoms with van der Waals surface area (Å²) in [6.45, 7) is 0.795. The second-order valence-corrected chi connectivity index (χ2v) is 10.6. The summed E-state index contributed by atoms with van der Waals surface area (Å²) < 4.78 is 28.2. The molecule has 9 nitrogen and oxygen atoms in total. The second-order valence-electron chi connectivity index (χ2n) is 9.83. The van der Waals surface area contributed by atoms with Gasteiger partial charge in [0, 0.05) is 18.1 Å². The smallest absolute Gasteiger partial charge is 0.167 e. The lowest BCUT2D eigenvalue weighted by Gasteiger charge is -2.19. The van der Waals surface area contributed by atoms with E-state index in [-0.39, 0.29) is 12.4 Å². The number of nitrogens with zero attached hydrogens (tertiary/aromatic N) is 5. The largest absolute Gasteiger partial charge is 0.387 e. The maximum atomic E-state index is 13.7. The topological polar surface area (TPSA) is 106 Å². The van der Waals surface area contributed by atoms with Crippen LogP contribution >= 0.6 is 15.9 Å². The van der Waals surface area contributed by atoms with Gasteiger partial charge in [-0.3, -0.25) is 4.57 Å². The van der Waals surface area contributed by atoms with Crippen LogP contribution in [0, 0.1) is 5.82 Å². The number of benzene rings is 3. The van der Waals surface area contributed by atoms with Gasteiger partial charge < -0.3 is 24.6 Å². The maximum absolute atomic E-state index is 13.7. The molecule has 6 rings (SSSR count). The maximum Gasteiger partial charge on any atom is 0.167 e. The van der Waals surface area contributed by atoms with Crippen LogP contribution in [0.25, 0.3) is 21.9 Å². The van der Waals surface area contributed by atoms with Gasteiger partial charge >= 0.3 is 0 Å². The molecule has 0 amide bonds. The Kier molecular flexibility index (Phi) is 7.47. The molecule has 206 valence electrons. The zero-order chi connectivity index (χ0) is 27.8. The lowest BCUT2D eigenvalue weighted by molar-refractivity contribution is -0.0683. The van der Waals surface area contributed by atoms with Crippen molar-refractivity contribution in [2.45, 2.75) is 37.7 Å². The van der Waals surface area contributed by atoms with Crippen molar-refractivity contribution in [3.05, 3.63) is 94.7 Å². The summed E-state index contributed by atoms with van der Waals surface area (Å²) in [5.41, 5.74) is 2.68. The molecule has 11 heteroatoms. The number of halogens is 2. The predicted octanol–water partition coefficient (Wildman–Crippen LogP) is 4.35. The third kappa shape index (κ3) is 5.06. The number of aliphatic hydroxyl groups excluding tert-OH is 2. The Morgan fingerprint density at radius 2 is 1.90 bits per heavy atom. The van der Waals surface area contributed by atoms with Gasteiger partial charge in [0.15, 0.2) is 23.2 Å². The van der Waals surface area contributed by atoms with Crippen molar-refractivity contribution < 1.29 is 24.1 Å². The van der Waals surface area contributed by atoms with Crippen LogP contribution in [0.2, 0.25) is 0 Å². The van der Waals surface area contributed by atoms with Gasteiger partial charge in [-0.25, -0.2) is 19.3 Å². The van der Waals surface area contributed by atoms with Crippen molar-refractivity contribution in [1.29, 1.82) is 0 Å². The fourth-order valence-electron chi connectivity index (χ4n) is 5.06. The number of ether oxygens (including phenoxy) is 2. The zero-order valence-corrected chi connectivity index (χ0v) is 23.1. The molecule has 0 radical (unpaired) electrons. The molecule has 0 spiro atoms. The molecule has 5 aromatic rings. The van der Waals surface area contributed by atoms with E-state index in [1.807, 2.05) is 54.4 Å². The number of rotatable bonds is 8. The lowest BCUT2D eigenvalue weighted by atomic mass is 10.1. The first-order valence-corrected chi connectivity index (χ1v) is 13.6. The summed E-state index contributed by atoms with van der Waals surface area (Å²) in [5.74, 6) is 0.235. The number of aliphatic hydroxyl groups is 2. The van der Waals surface area contributed by atoms with Crippen molar-refractivity contribution >= 4 is 43.7 Å². The van der Waals surface area contributed by atoms with Crippen LogP contribution in [0.4, 0.5) is 10.2 Å². The molecule has 1 aliphatic heterocycles. The van der Waals surface area contributed by atoms with E-state index >= 15 is 0 Å². The molecule has 1 fully saturated rings. The summed E-state index contributed by atoms with van der Waals surface area (Å²) in [5, 5.41) is 23.8. The Balaban J connectivity index is 1.16. The Bertz CT molecular complexity index is 1670. The first-order valence-electron chi connectivity index (χ1n) is 12.8. The highest BCUT2D eigenvalue weighted by molar-refractivity contribution is 9.10. The molecular formula is C29H27BrFN5O4. The Hall–Kier alpha value is -3.48. The quantitative estimate of drug-likeness (QED) is 0.268. The Labute approximate surface area is 238 Å². The van der Waals surface area contributed by atoms with E-state index in [0.29, 0.717) is 30.1 Å². The Morgan fingerprint density at radius 1 is 1.05 bits per heavy atom. The SMILES string of the molecule is CN(Cc1cccc(F)c1)c1ncnc2c1ncn2[C@@H]1O[C@H](COCc2ccc3ccccc3c2Br)[C@@H](O)[C@H]1O. The first kappa shape index (κ1) is 26.7. The number of anilines is 1. The van der Waals surface area contributed by atoms with E-state index in [1.54, 1.807) is 10.6 Å². The van der Waals surface area contributed by atoms with Crippen LogP contribution in [0.5, 0.6) is 0 Å². The molecule has 0 aliphatic carbocycles. The van der Waals surface area contributed by atoms with Gasteiger partial charge in [-0.1, -0.05) is 48.5 Å². The molecular weight excluding hydrogens is 581 g/mol. The van der Waals surface area contributed by atoms with Crippen molar-refractivity contribution in [1.82, 2.24) is 19.5 Å². The molecule has 40 heavy (non-hydrogen) atoms. The van der Waals surface area contributed by atoms with Crippen molar-refractivity contribution in [3.8, 4) is 0 Å². The van der Waals surface area contributed by atoms with Crippen LogP contribution in [-0.4, -0.2) is 61.7 Å². The fourth-order valence-corrected chi connectivity index (χ4v) is 5.67. The lowest BCUT2D eigenvalue weighted by Crippen LogP contribution is -2.33. The number of hydrogen-bond acceptors (Lipinski definition) is 8. The van der Waals surface area contributed by atoms with Crippen molar-refractivity contribution in [2.75, 3.05) is 18.6 Å². The minimum Gasteiger partial charge on any atom is -0.387 e. The molecule has 4 atom stereocenters. The molecule has 2 aromatic heterocycles. The molecule has 1 saturated heterocycles. The van der Waals surface area contributed by atoms with Crippen LogP contribution in [0.1, 0.15) is 17.4 Å². The van der Waals surface area contributed by atoms with E-state index in [4.69, 9.17) is 9.47 Å². The molecule has 0 saturated carbocycles. The Morgan fingerprint density at radius 3 is 2.75 bits per heavy atom. The highest BCUT2D eigenvalue weighted by Gasteiger charge is 2.44. The van der Waals surface area contributed by atoms with Crippen molar-refractivity contribution in [2.24, 2.45) is 0 Å². The van der Waals surface area contributed by atoms with Gasteiger partial charge in [0.1, 0.15) is 30.5 Å². The number of hydrogen-bond donors (Lipinski definition) is 2. The zero-order valence-electron chi connectivity index (χ0n) is 21.6. The normalized spacial score (nSPS) is 20.9. The third-order valence-corrected chi connectivity index (χ3v) is 8.04. The molecule has 0 unspecified atom stereocenters. The standard InChI is InChI=1S/C29H27BrFN5O4/c1-35(12-17-5-4-7-20(31)11-17)27-24-28(33-15-32-27)36(16-34-24)29-26(38)25(37)22(40-29)14-39-13-19-10-9-18-6-2-3-8-21(18)23(19)30/h2-11,15-16,22,25-26,29,37-38H,12-14H2,1H3/t22-,25-,26-,29-/m1/s1. The van der Waals surface area contributed by atoms with Gasteiger partial charge in [0.25, 0.3) is 0 Å². The predicted molar refractivity (Wildman–Crippen MR) is 151 cm³/mol. The van der Waals surface area contributed by atoms with Crippen LogP contribution in [0.15, 0.2) is 77.8 Å². The highest BCUT2D eigenvalue weighted by Crippen LogP contribution is 2.34. The van der Waals surface area contributed by atoms with Gasteiger partial charge in [-0.15, -0.1) is 0 Å². The molecule has 3 heterocycles. The number of aromatic nitrogens is 4. The minimum atomic E-state index is -1.22. The van der Waals surface area contributed by atoms with Gasteiger partial charge in [-0.05, 0) is 50.0 Å². The van der Waals surface area contributed by atoms with Crippen LogP contribution in [0.3, 0.4) is 0 Å². The molecule has 1 aliphatic rings. The highest BCUT2D eigenvalue weighted by atomic mass is 79.9. The van der Waals surface area contributed by atoms with E-state index in [0.717, 1.165) is 26.4 Å². The second kappa shape index (κ2) is 11.2. The van der Waals surface area contributed by atoms with E-state index in [2.05, 4.69) is 30.9 Å². The van der Waals surface area contributed by atoms with Gasteiger partial charge in [-0.2, -0.15) is 0 Å². The fraction of sp³-hybridized carbons (Fsp3) is 0.276. The summed E-state index contributed by atoms with van der Waals surface area (Å²) in [7, 11) is 1.83. The number of fused-ring (bicyclic) bond motifs is 2. The minimum absolute atomic E-state index is 0.0806. The molecule has 2 N–H and O–H groups in total. The van der Waals surface area contributed by atoms with Crippen molar-refractivity contribution in [3.63, 3.8) is 0 Å². The third-order valence-electron chi connectivity index (χ3n) is 7.10. The van der Waals surface area contributed by atoms with Crippen LogP contribution < -0.4 is 4.90 Å². The van der Waals surface area contributed by atoms with E-state index in [9.17, 15) is 14.6 Å². The average molecular weight is 608 g/mol. The molecule has 0 bridgehead atoms. The summed E-state index contributed by atoms with van der Waals surface area (Å²) in [6, 6.07) is 18.5. The van der Waals surface area contributed by atoms with Crippen LogP contribution in [-0.2, 0) is 22.6 Å². The first-order chi connectivity index (χ1) is 19.4. The summed E-state index contributed by atoms with van der Waals surface area (Å²) >= 11 is 3.67.